The molecule has 0 saturated carbocycles. The summed E-state index contributed by atoms with van der Waals surface area (Å²) in [5.74, 6) is 1.72. The lowest BCUT2D eigenvalue weighted by Crippen LogP contribution is -2.16. The van der Waals surface area contributed by atoms with Crippen LogP contribution >= 0.6 is 0 Å². The summed E-state index contributed by atoms with van der Waals surface area (Å²) in [6.45, 7) is 0.244. The Labute approximate surface area is 151 Å². The summed E-state index contributed by atoms with van der Waals surface area (Å²) in [4.78, 5) is 8.50. The van der Waals surface area contributed by atoms with E-state index < -0.39 is 0 Å². The van der Waals surface area contributed by atoms with Crippen LogP contribution in [0.1, 0.15) is 19.3 Å². The van der Waals surface area contributed by atoms with Gasteiger partial charge in [0.05, 0.1) is 6.20 Å². The smallest absolute Gasteiger partial charge is 0.325 e. The summed E-state index contributed by atoms with van der Waals surface area (Å²) in [5, 5.41) is 0. The predicted molar refractivity (Wildman–Crippen MR) is 99.6 cm³/mol. The number of nitrogens with two attached hydrogens (primary N) is 1. The van der Waals surface area contributed by atoms with Crippen molar-refractivity contribution >= 4 is 17.6 Å². The molecule has 0 unspecified atom stereocenters. The summed E-state index contributed by atoms with van der Waals surface area (Å²) >= 11 is 0. The molecule has 1 aliphatic carbocycles. The molecule has 0 fully saturated rings. The van der Waals surface area contributed by atoms with Crippen molar-refractivity contribution in [3.05, 3.63) is 66.3 Å². The van der Waals surface area contributed by atoms with Gasteiger partial charge < -0.3 is 19.6 Å². The molecule has 1 aromatic carbocycles. The average Bonchev–Trinajstić information content (AvgIpc) is 3.11. The summed E-state index contributed by atoms with van der Waals surface area (Å²) < 4.78 is 17.0. The van der Waals surface area contributed by atoms with Crippen LogP contribution in [0.2, 0.25) is 0 Å². The normalized spacial score (nSPS) is 18.1. The number of oxazole rings is 1. The first-order valence-electron chi connectivity index (χ1n) is 8.49. The summed E-state index contributed by atoms with van der Waals surface area (Å²) in [5.41, 5.74) is 8.68. The van der Waals surface area contributed by atoms with Gasteiger partial charge in [-0.1, -0.05) is 35.9 Å². The molecule has 0 amide bonds. The second-order valence-corrected chi connectivity index (χ2v) is 6.07. The highest BCUT2D eigenvalue weighted by Gasteiger charge is 2.16. The Bertz CT molecular complexity index is 922. The molecule has 2 aromatic rings. The zero-order chi connectivity index (χ0) is 17.8. The molecule has 1 aliphatic heterocycles. The molecular formula is C20H19N3O3. The Morgan fingerprint density at radius 2 is 2.15 bits per heavy atom. The molecule has 0 spiro atoms. The van der Waals surface area contributed by atoms with Gasteiger partial charge in [-0.3, -0.25) is 0 Å². The Balaban J connectivity index is 1.47. The molecule has 0 atom stereocenters. The molecule has 6 nitrogen and oxygen atoms in total. The third-order valence-corrected chi connectivity index (χ3v) is 4.11. The Morgan fingerprint density at radius 3 is 3.00 bits per heavy atom. The van der Waals surface area contributed by atoms with Crippen LogP contribution in [0.4, 0.5) is 11.7 Å². The largest absolute Gasteiger partial charge is 0.488 e. The van der Waals surface area contributed by atoms with Gasteiger partial charge in [0, 0.05) is 17.7 Å². The van der Waals surface area contributed by atoms with Crippen molar-refractivity contribution in [3.8, 4) is 11.3 Å². The number of para-hydroxylation sites is 1. The molecule has 0 radical (unpaired) electrons. The van der Waals surface area contributed by atoms with Gasteiger partial charge >= 0.3 is 6.01 Å². The Kier molecular flexibility index (Phi) is 4.55. The van der Waals surface area contributed by atoms with E-state index in [1.807, 2.05) is 24.3 Å². The third kappa shape index (κ3) is 3.69. The topological polar surface area (TPSA) is 82.9 Å². The van der Waals surface area contributed by atoms with E-state index in [1.165, 1.54) is 5.57 Å². The maximum atomic E-state index is 5.97. The summed E-state index contributed by atoms with van der Waals surface area (Å²) in [7, 11) is 0. The summed E-state index contributed by atoms with van der Waals surface area (Å²) in [6.07, 6.45) is 12.4. The fourth-order valence-corrected chi connectivity index (χ4v) is 2.84. The van der Waals surface area contributed by atoms with Crippen molar-refractivity contribution in [1.82, 2.24) is 4.98 Å². The number of nitrogens with zero attached hydrogens (tertiary/aromatic N) is 2. The second kappa shape index (κ2) is 7.31. The van der Waals surface area contributed by atoms with Gasteiger partial charge in [-0.25, -0.2) is 0 Å². The van der Waals surface area contributed by atoms with Gasteiger partial charge in [-0.05, 0) is 25.0 Å². The number of hydrogen-bond donors (Lipinski definition) is 1. The number of ether oxygens (including phenoxy) is 2. The van der Waals surface area contributed by atoms with E-state index in [1.54, 1.807) is 12.5 Å². The van der Waals surface area contributed by atoms with E-state index in [-0.39, 0.29) is 12.6 Å². The van der Waals surface area contributed by atoms with Crippen molar-refractivity contribution in [3.63, 3.8) is 0 Å². The van der Waals surface area contributed by atoms with E-state index >= 15 is 0 Å². The van der Waals surface area contributed by atoms with Crippen LogP contribution in [0.25, 0.3) is 11.3 Å². The SMILES string of the molecule is Nc1ccccc1-c1cnc(N=C2COC=C(CC3=CC=CCC3)O2)o1. The van der Waals surface area contributed by atoms with Crippen molar-refractivity contribution in [2.45, 2.75) is 19.3 Å². The van der Waals surface area contributed by atoms with Gasteiger partial charge in [-0.15, -0.1) is 0 Å². The molecule has 2 heterocycles. The highest BCUT2D eigenvalue weighted by molar-refractivity contribution is 5.81. The van der Waals surface area contributed by atoms with Crippen LogP contribution in [0, 0.1) is 0 Å². The molecule has 2 aliphatic rings. The minimum Gasteiger partial charge on any atom is -0.488 e. The fraction of sp³-hybridized carbons (Fsp3) is 0.200. The standard InChI is InChI=1S/C20H19N3O3/c21-17-9-5-4-8-16(17)18-11-22-20(26-18)23-19-13-24-12-15(25-19)10-14-6-2-1-3-7-14/h1-2,4-6,8-9,11-12H,3,7,10,13,21H2. The number of anilines is 1. The lowest BCUT2D eigenvalue weighted by molar-refractivity contribution is 0.211. The van der Waals surface area contributed by atoms with Crippen LogP contribution < -0.4 is 5.73 Å². The molecule has 2 N–H and O–H groups in total. The lowest BCUT2D eigenvalue weighted by Gasteiger charge is -2.18. The summed E-state index contributed by atoms with van der Waals surface area (Å²) in [6, 6.07) is 7.66. The minimum absolute atomic E-state index is 0.211. The molecule has 26 heavy (non-hydrogen) atoms. The van der Waals surface area contributed by atoms with Crippen LogP contribution in [0.3, 0.4) is 0 Å². The van der Waals surface area contributed by atoms with Gasteiger partial charge in [-0.2, -0.15) is 9.98 Å². The number of allylic oxidation sites excluding steroid dienone is 4. The maximum Gasteiger partial charge on any atom is 0.325 e. The molecule has 132 valence electrons. The highest BCUT2D eigenvalue weighted by atomic mass is 16.6. The third-order valence-electron chi connectivity index (χ3n) is 4.11. The molecule has 4 rings (SSSR count). The number of aliphatic imine (C=N–C) groups is 1. The van der Waals surface area contributed by atoms with E-state index in [0.717, 1.165) is 24.2 Å². The monoisotopic (exact) mass is 349 g/mol. The number of aromatic nitrogens is 1. The first kappa shape index (κ1) is 16.2. The minimum atomic E-state index is 0.211. The molecule has 0 bridgehead atoms. The fourth-order valence-electron chi connectivity index (χ4n) is 2.84. The lowest BCUT2D eigenvalue weighted by atomic mass is 10.0. The molecule has 6 heteroatoms. The Hall–Kier alpha value is -3.28. The van der Waals surface area contributed by atoms with Crippen LogP contribution in [-0.2, 0) is 9.47 Å². The first-order chi connectivity index (χ1) is 12.8. The number of hydrogen-bond acceptors (Lipinski definition) is 6. The average molecular weight is 349 g/mol. The molecular weight excluding hydrogens is 330 g/mol. The maximum absolute atomic E-state index is 5.97. The molecule has 0 saturated heterocycles. The van der Waals surface area contributed by atoms with Crippen LogP contribution in [-0.4, -0.2) is 17.5 Å². The number of benzene rings is 1. The Morgan fingerprint density at radius 1 is 1.23 bits per heavy atom. The van der Waals surface area contributed by atoms with Crippen molar-refractivity contribution < 1.29 is 13.9 Å². The highest BCUT2D eigenvalue weighted by Crippen LogP contribution is 2.29. The number of nitrogen functional groups attached to an aromatic ring is 1. The van der Waals surface area contributed by atoms with E-state index in [0.29, 0.717) is 23.8 Å². The van der Waals surface area contributed by atoms with Crippen molar-refractivity contribution in [1.29, 1.82) is 0 Å². The van der Waals surface area contributed by atoms with Gasteiger partial charge in [0.15, 0.2) is 12.4 Å². The predicted octanol–water partition coefficient (Wildman–Crippen LogP) is 4.51. The van der Waals surface area contributed by atoms with Crippen molar-refractivity contribution in [2.75, 3.05) is 12.3 Å². The van der Waals surface area contributed by atoms with Crippen LogP contribution in [0.5, 0.6) is 0 Å². The van der Waals surface area contributed by atoms with E-state index in [4.69, 9.17) is 19.6 Å². The van der Waals surface area contributed by atoms with E-state index in [9.17, 15) is 0 Å². The molecule has 1 aromatic heterocycles. The number of rotatable bonds is 4. The first-order valence-corrected chi connectivity index (χ1v) is 8.49. The van der Waals surface area contributed by atoms with Crippen LogP contribution in [0.15, 0.2) is 75.7 Å². The van der Waals surface area contributed by atoms with Gasteiger partial charge in [0.1, 0.15) is 12.0 Å². The quantitative estimate of drug-likeness (QED) is 0.821. The second-order valence-electron chi connectivity index (χ2n) is 6.07. The zero-order valence-corrected chi connectivity index (χ0v) is 14.2. The van der Waals surface area contributed by atoms with E-state index in [2.05, 4.69) is 28.2 Å². The van der Waals surface area contributed by atoms with Gasteiger partial charge in [0.2, 0.25) is 5.90 Å². The van der Waals surface area contributed by atoms with Crippen molar-refractivity contribution in [2.24, 2.45) is 4.99 Å². The van der Waals surface area contributed by atoms with Gasteiger partial charge in [0.25, 0.3) is 0 Å². The zero-order valence-electron chi connectivity index (χ0n) is 14.2.